The third kappa shape index (κ3) is 7.28. The summed E-state index contributed by atoms with van der Waals surface area (Å²) in [5.41, 5.74) is 1.88. The minimum atomic E-state index is -0.0629. The molecule has 0 bridgehead atoms. The van der Waals surface area contributed by atoms with Crippen LogP contribution in [0.1, 0.15) is 37.3 Å². The Hall–Kier alpha value is -2.50. The highest BCUT2D eigenvalue weighted by Gasteiger charge is 1.96. The van der Waals surface area contributed by atoms with Crippen molar-refractivity contribution in [2.24, 2.45) is 0 Å². The Labute approximate surface area is 154 Å². The van der Waals surface area contributed by atoms with Gasteiger partial charge in [-0.3, -0.25) is 4.79 Å². The number of ether oxygens (including phenoxy) is 1. The van der Waals surface area contributed by atoms with Gasteiger partial charge in [0.25, 0.3) is 0 Å². The number of ketones is 1. The number of carbonyl (C=O) groups is 1. The van der Waals surface area contributed by atoms with Crippen molar-refractivity contribution < 1.29 is 9.53 Å². The summed E-state index contributed by atoms with van der Waals surface area (Å²) in [6, 6.07) is 15.0. The van der Waals surface area contributed by atoms with Crippen molar-refractivity contribution in [2.75, 3.05) is 6.61 Å². The van der Waals surface area contributed by atoms with Gasteiger partial charge in [0.1, 0.15) is 5.75 Å². The van der Waals surface area contributed by atoms with Crippen LogP contribution in [0, 0.1) is 11.8 Å². The average molecular weight is 353 g/mol. The molecule has 0 radical (unpaired) electrons. The number of halogens is 1. The monoisotopic (exact) mass is 352 g/mol. The van der Waals surface area contributed by atoms with Crippen molar-refractivity contribution in [1.29, 1.82) is 0 Å². The summed E-state index contributed by atoms with van der Waals surface area (Å²) in [5.74, 6) is 6.35. The fraction of sp³-hybridized carbons (Fsp3) is 0.227. The van der Waals surface area contributed by atoms with E-state index in [0.29, 0.717) is 24.5 Å². The van der Waals surface area contributed by atoms with Gasteiger partial charge in [-0.25, -0.2) is 0 Å². The first-order valence-corrected chi connectivity index (χ1v) is 8.75. The Bertz CT molecular complexity index is 762. The molecule has 2 aromatic rings. The maximum absolute atomic E-state index is 11.8. The lowest BCUT2D eigenvalue weighted by molar-refractivity contribution is -0.113. The number of benzene rings is 2. The van der Waals surface area contributed by atoms with Gasteiger partial charge >= 0.3 is 0 Å². The Kier molecular flexibility index (Phi) is 7.82. The summed E-state index contributed by atoms with van der Waals surface area (Å²) < 4.78 is 5.51. The molecule has 25 heavy (non-hydrogen) atoms. The highest BCUT2D eigenvalue weighted by molar-refractivity contribution is 6.30. The molecule has 3 heteroatoms. The van der Waals surface area contributed by atoms with Gasteiger partial charge in [-0.15, -0.1) is 0 Å². The van der Waals surface area contributed by atoms with Crippen molar-refractivity contribution in [2.45, 2.75) is 26.2 Å². The summed E-state index contributed by atoms with van der Waals surface area (Å²) >= 11 is 5.84. The van der Waals surface area contributed by atoms with E-state index in [4.69, 9.17) is 16.3 Å². The summed E-state index contributed by atoms with van der Waals surface area (Å²) in [6.07, 6.45) is 6.01. The van der Waals surface area contributed by atoms with Crippen molar-refractivity contribution in [3.05, 3.63) is 70.8 Å². The molecular weight excluding hydrogens is 332 g/mol. The Morgan fingerprint density at radius 3 is 2.52 bits per heavy atom. The number of rotatable bonds is 7. The van der Waals surface area contributed by atoms with Gasteiger partial charge in [0.15, 0.2) is 0 Å². The predicted molar refractivity (Wildman–Crippen MR) is 104 cm³/mol. The molecule has 0 aliphatic carbocycles. The first kappa shape index (κ1) is 18.8. The van der Waals surface area contributed by atoms with Gasteiger partial charge in [0.05, 0.1) is 6.61 Å². The van der Waals surface area contributed by atoms with E-state index in [0.717, 1.165) is 23.3 Å². The zero-order chi connectivity index (χ0) is 17.9. The molecule has 0 aliphatic rings. The number of hydrogen-bond donors (Lipinski definition) is 0. The van der Waals surface area contributed by atoms with Crippen LogP contribution < -0.4 is 4.74 Å². The molecular formula is C22H21ClO2. The molecule has 0 atom stereocenters. The second-order valence-electron chi connectivity index (χ2n) is 5.54. The molecule has 128 valence electrons. The molecule has 0 amide bonds. The SMILES string of the molecule is CCCOc1ccc(C#CC(=O)CC/C=C/c2ccc(Cl)cc2)cc1. The molecule has 2 nitrogen and oxygen atoms in total. The topological polar surface area (TPSA) is 26.3 Å². The van der Waals surface area contributed by atoms with E-state index < -0.39 is 0 Å². The van der Waals surface area contributed by atoms with Crippen LogP contribution in [0.25, 0.3) is 6.08 Å². The van der Waals surface area contributed by atoms with Crippen LogP contribution in [0.2, 0.25) is 5.02 Å². The van der Waals surface area contributed by atoms with Crippen molar-refractivity contribution in [3.63, 3.8) is 0 Å². The second-order valence-corrected chi connectivity index (χ2v) is 5.98. The van der Waals surface area contributed by atoms with Crippen molar-refractivity contribution in [1.82, 2.24) is 0 Å². The number of carbonyl (C=O) groups excluding carboxylic acids is 1. The lowest BCUT2D eigenvalue weighted by atomic mass is 10.1. The summed E-state index contributed by atoms with van der Waals surface area (Å²) in [7, 11) is 0. The van der Waals surface area contributed by atoms with E-state index >= 15 is 0 Å². The molecule has 0 spiro atoms. The second kappa shape index (κ2) is 10.4. The molecule has 0 saturated carbocycles. The predicted octanol–water partition coefficient (Wildman–Crippen LogP) is 5.54. The van der Waals surface area contributed by atoms with Crippen molar-refractivity contribution >= 4 is 23.5 Å². The third-order valence-electron chi connectivity index (χ3n) is 3.39. The number of hydrogen-bond acceptors (Lipinski definition) is 2. The highest BCUT2D eigenvalue weighted by atomic mass is 35.5. The molecule has 0 fully saturated rings. The van der Waals surface area contributed by atoms with E-state index in [9.17, 15) is 4.79 Å². The van der Waals surface area contributed by atoms with Gasteiger partial charge in [-0.05, 0) is 60.7 Å². The lowest BCUT2D eigenvalue weighted by Gasteiger charge is -2.03. The molecule has 0 unspecified atom stereocenters. The van der Waals surface area contributed by atoms with E-state index in [1.807, 2.05) is 60.7 Å². The normalized spacial score (nSPS) is 10.3. The van der Waals surface area contributed by atoms with Gasteiger partial charge in [-0.1, -0.05) is 48.7 Å². The summed E-state index contributed by atoms with van der Waals surface area (Å²) in [4.78, 5) is 11.8. The van der Waals surface area contributed by atoms with E-state index in [-0.39, 0.29) is 5.78 Å². The Morgan fingerprint density at radius 1 is 1.12 bits per heavy atom. The molecule has 0 N–H and O–H groups in total. The largest absolute Gasteiger partial charge is 0.494 e. The Morgan fingerprint density at radius 2 is 1.84 bits per heavy atom. The molecule has 0 aliphatic heterocycles. The smallest absolute Gasteiger partial charge is 0.206 e. The van der Waals surface area contributed by atoms with Crippen LogP contribution in [0.4, 0.5) is 0 Å². The Balaban J connectivity index is 1.78. The van der Waals surface area contributed by atoms with Gasteiger partial charge < -0.3 is 4.74 Å². The van der Waals surface area contributed by atoms with Gasteiger partial charge in [0.2, 0.25) is 5.78 Å². The summed E-state index contributed by atoms with van der Waals surface area (Å²) in [5, 5.41) is 0.715. The van der Waals surface area contributed by atoms with Gasteiger partial charge in [-0.2, -0.15) is 0 Å². The third-order valence-corrected chi connectivity index (χ3v) is 3.64. The zero-order valence-electron chi connectivity index (χ0n) is 14.3. The zero-order valence-corrected chi connectivity index (χ0v) is 15.1. The molecule has 0 heterocycles. The van der Waals surface area contributed by atoms with E-state index in [1.165, 1.54) is 0 Å². The quantitative estimate of drug-likeness (QED) is 0.611. The van der Waals surface area contributed by atoms with Crippen LogP contribution in [-0.2, 0) is 4.79 Å². The van der Waals surface area contributed by atoms with Crippen LogP contribution in [0.3, 0.4) is 0 Å². The first-order valence-electron chi connectivity index (χ1n) is 8.37. The van der Waals surface area contributed by atoms with Crippen LogP contribution in [0.15, 0.2) is 54.6 Å². The van der Waals surface area contributed by atoms with Gasteiger partial charge in [0, 0.05) is 17.0 Å². The molecule has 0 aromatic heterocycles. The maximum Gasteiger partial charge on any atom is 0.206 e. The highest BCUT2D eigenvalue weighted by Crippen LogP contribution is 2.12. The minimum Gasteiger partial charge on any atom is -0.494 e. The first-order chi connectivity index (χ1) is 12.2. The van der Waals surface area contributed by atoms with Crippen molar-refractivity contribution in [3.8, 4) is 17.6 Å². The fourth-order valence-corrected chi connectivity index (χ4v) is 2.19. The minimum absolute atomic E-state index is 0.0629. The molecule has 2 rings (SSSR count). The number of Topliss-reactive ketones (excluding diaryl/α,β-unsaturated/α-hetero) is 1. The van der Waals surface area contributed by atoms with E-state index in [1.54, 1.807) is 0 Å². The fourth-order valence-electron chi connectivity index (χ4n) is 2.07. The average Bonchev–Trinajstić information content (AvgIpc) is 2.64. The van der Waals surface area contributed by atoms with Crippen LogP contribution >= 0.6 is 11.6 Å². The molecule has 2 aromatic carbocycles. The molecule has 0 saturated heterocycles. The lowest BCUT2D eigenvalue weighted by Crippen LogP contribution is -1.94. The maximum atomic E-state index is 11.8. The van der Waals surface area contributed by atoms with Crippen LogP contribution in [-0.4, -0.2) is 12.4 Å². The van der Waals surface area contributed by atoms with E-state index in [2.05, 4.69) is 18.8 Å². The number of allylic oxidation sites excluding steroid dienone is 1. The standard InChI is InChI=1S/C22H21ClO2/c1-2-17-25-22-15-10-19(11-16-22)9-14-21(24)6-4-3-5-18-7-12-20(23)13-8-18/h3,5,7-8,10-13,15-16H,2,4,6,17H2,1H3/b5-3+. The summed E-state index contributed by atoms with van der Waals surface area (Å²) in [6.45, 7) is 2.77. The van der Waals surface area contributed by atoms with Crippen LogP contribution in [0.5, 0.6) is 5.75 Å².